The van der Waals surface area contributed by atoms with Crippen molar-refractivity contribution >= 4 is 5.91 Å². The summed E-state index contributed by atoms with van der Waals surface area (Å²) in [6, 6.07) is 13.9. The highest BCUT2D eigenvalue weighted by Crippen LogP contribution is 2.26. The van der Waals surface area contributed by atoms with Crippen LogP contribution in [0.5, 0.6) is 5.75 Å². The number of benzene rings is 2. The van der Waals surface area contributed by atoms with Crippen LogP contribution in [0.1, 0.15) is 28.5 Å². The second kappa shape index (κ2) is 7.25. The molecule has 2 aliphatic rings. The molecule has 0 bridgehead atoms. The number of carbonyl (C=O) groups is 1. The predicted octanol–water partition coefficient (Wildman–Crippen LogP) is 2.53. The molecule has 0 aliphatic carbocycles. The average Bonchev–Trinajstić information content (AvgIpc) is 3.32. The molecule has 0 aromatic heterocycles. The zero-order valence-corrected chi connectivity index (χ0v) is 14.0. The predicted molar refractivity (Wildman–Crippen MR) is 92.3 cm³/mol. The molecular formula is C20H21NO4. The summed E-state index contributed by atoms with van der Waals surface area (Å²) >= 11 is 0. The highest BCUT2D eigenvalue weighted by molar-refractivity contribution is 5.78. The Bertz CT molecular complexity index is 751. The molecule has 2 heterocycles. The molecule has 2 aromatic carbocycles. The van der Waals surface area contributed by atoms with Crippen LogP contribution in [0, 0.1) is 0 Å². The van der Waals surface area contributed by atoms with Gasteiger partial charge in [-0.3, -0.25) is 4.79 Å². The molecule has 0 radical (unpaired) electrons. The van der Waals surface area contributed by atoms with Crippen LogP contribution >= 0.6 is 0 Å². The van der Waals surface area contributed by atoms with Crippen LogP contribution in [0.4, 0.5) is 0 Å². The van der Waals surface area contributed by atoms with Crippen molar-refractivity contribution in [1.29, 1.82) is 0 Å². The molecule has 4 rings (SSSR count). The molecule has 130 valence electrons. The molecule has 2 aromatic rings. The fourth-order valence-corrected chi connectivity index (χ4v) is 3.14. The Balaban J connectivity index is 1.29. The molecule has 1 fully saturated rings. The maximum absolute atomic E-state index is 12.2. The van der Waals surface area contributed by atoms with Gasteiger partial charge in [0.05, 0.1) is 26.2 Å². The molecule has 0 atom stereocenters. The lowest BCUT2D eigenvalue weighted by Crippen LogP contribution is -2.24. The number of rotatable bonds is 5. The minimum Gasteiger partial charge on any atom is -0.493 e. The number of hydrogen-bond acceptors (Lipinski definition) is 4. The smallest absolute Gasteiger partial charge is 0.224 e. The molecule has 5 nitrogen and oxygen atoms in total. The van der Waals surface area contributed by atoms with E-state index in [2.05, 4.69) is 11.4 Å². The minimum absolute atomic E-state index is 0.0189. The van der Waals surface area contributed by atoms with E-state index in [-0.39, 0.29) is 12.2 Å². The van der Waals surface area contributed by atoms with Crippen molar-refractivity contribution in [3.8, 4) is 5.75 Å². The molecule has 1 N–H and O–H groups in total. The van der Waals surface area contributed by atoms with Crippen molar-refractivity contribution in [2.24, 2.45) is 0 Å². The molecule has 2 aliphatic heterocycles. The summed E-state index contributed by atoms with van der Waals surface area (Å²) in [6.45, 7) is 2.52. The van der Waals surface area contributed by atoms with Gasteiger partial charge in [0.25, 0.3) is 0 Å². The van der Waals surface area contributed by atoms with E-state index >= 15 is 0 Å². The maximum atomic E-state index is 12.2. The summed E-state index contributed by atoms with van der Waals surface area (Å²) in [5.41, 5.74) is 4.27. The zero-order valence-electron chi connectivity index (χ0n) is 14.0. The van der Waals surface area contributed by atoms with Crippen molar-refractivity contribution in [2.45, 2.75) is 25.7 Å². The van der Waals surface area contributed by atoms with E-state index in [1.165, 1.54) is 5.56 Å². The van der Waals surface area contributed by atoms with Gasteiger partial charge in [-0.15, -0.1) is 0 Å². The Kier molecular flexibility index (Phi) is 4.68. The average molecular weight is 339 g/mol. The summed E-state index contributed by atoms with van der Waals surface area (Å²) in [4.78, 5) is 12.2. The quantitative estimate of drug-likeness (QED) is 0.909. The van der Waals surface area contributed by atoms with Gasteiger partial charge in [-0.2, -0.15) is 0 Å². The topological polar surface area (TPSA) is 56.8 Å². The van der Waals surface area contributed by atoms with E-state index < -0.39 is 0 Å². The fourth-order valence-electron chi connectivity index (χ4n) is 3.14. The third-order valence-electron chi connectivity index (χ3n) is 4.48. The van der Waals surface area contributed by atoms with Gasteiger partial charge in [0.15, 0.2) is 6.29 Å². The van der Waals surface area contributed by atoms with Crippen molar-refractivity contribution < 1.29 is 19.0 Å². The summed E-state index contributed by atoms with van der Waals surface area (Å²) in [6.07, 6.45) is 1.05. The number of nitrogens with one attached hydrogen (secondary N) is 1. The normalized spacial score (nSPS) is 16.5. The van der Waals surface area contributed by atoms with Gasteiger partial charge < -0.3 is 19.5 Å². The first-order valence-electron chi connectivity index (χ1n) is 8.61. The molecule has 0 spiro atoms. The van der Waals surface area contributed by atoms with Crippen LogP contribution in [0.2, 0.25) is 0 Å². The third-order valence-corrected chi connectivity index (χ3v) is 4.48. The second-order valence-corrected chi connectivity index (χ2v) is 6.31. The molecule has 1 amide bonds. The lowest BCUT2D eigenvalue weighted by molar-refractivity contribution is -0.120. The second-order valence-electron chi connectivity index (χ2n) is 6.31. The summed E-state index contributed by atoms with van der Waals surface area (Å²) in [7, 11) is 0. The summed E-state index contributed by atoms with van der Waals surface area (Å²) < 4.78 is 16.4. The summed E-state index contributed by atoms with van der Waals surface area (Å²) in [5.74, 6) is 0.963. The molecule has 25 heavy (non-hydrogen) atoms. The van der Waals surface area contributed by atoms with E-state index in [1.807, 2.05) is 36.4 Å². The Labute approximate surface area is 146 Å². The fraction of sp³-hybridized carbons (Fsp3) is 0.350. The molecule has 0 unspecified atom stereocenters. The maximum Gasteiger partial charge on any atom is 0.224 e. The van der Waals surface area contributed by atoms with Crippen LogP contribution in [0.25, 0.3) is 0 Å². The van der Waals surface area contributed by atoms with Gasteiger partial charge in [-0.25, -0.2) is 0 Å². The van der Waals surface area contributed by atoms with E-state index in [1.54, 1.807) is 0 Å². The Morgan fingerprint density at radius 3 is 2.56 bits per heavy atom. The van der Waals surface area contributed by atoms with E-state index in [9.17, 15) is 4.79 Å². The first-order valence-corrected chi connectivity index (χ1v) is 8.61. The van der Waals surface area contributed by atoms with E-state index in [4.69, 9.17) is 14.2 Å². The first kappa shape index (κ1) is 16.1. The lowest BCUT2D eigenvalue weighted by atomic mass is 10.1. The van der Waals surface area contributed by atoms with Crippen LogP contribution in [-0.2, 0) is 33.7 Å². The van der Waals surface area contributed by atoms with Gasteiger partial charge in [-0.1, -0.05) is 36.4 Å². The highest BCUT2D eigenvalue weighted by atomic mass is 16.7. The van der Waals surface area contributed by atoms with Gasteiger partial charge in [0, 0.05) is 18.5 Å². The van der Waals surface area contributed by atoms with Gasteiger partial charge in [0.2, 0.25) is 5.91 Å². The zero-order chi connectivity index (χ0) is 17.1. The molecule has 5 heteroatoms. The van der Waals surface area contributed by atoms with E-state index in [0.717, 1.165) is 35.5 Å². The van der Waals surface area contributed by atoms with E-state index in [0.29, 0.717) is 26.2 Å². The van der Waals surface area contributed by atoms with Crippen molar-refractivity contribution in [2.75, 3.05) is 19.8 Å². The standard InChI is InChI=1S/C20H21NO4/c22-19(12-15-3-6-18-17(11-15)7-8-23-18)21-13-14-1-4-16(5-2-14)20-24-9-10-25-20/h1-6,11,20H,7-10,12-13H2,(H,21,22). The number of carbonyl (C=O) groups excluding carboxylic acids is 1. The van der Waals surface area contributed by atoms with Crippen LogP contribution < -0.4 is 10.1 Å². The largest absolute Gasteiger partial charge is 0.493 e. The first-order chi connectivity index (χ1) is 12.3. The Morgan fingerprint density at radius 2 is 1.76 bits per heavy atom. The van der Waals surface area contributed by atoms with Gasteiger partial charge >= 0.3 is 0 Å². The number of hydrogen-bond donors (Lipinski definition) is 1. The SMILES string of the molecule is O=C(Cc1ccc2c(c1)CCO2)NCc1ccc(C2OCCO2)cc1. The highest BCUT2D eigenvalue weighted by Gasteiger charge is 2.18. The van der Waals surface area contributed by atoms with Crippen molar-refractivity contribution in [3.63, 3.8) is 0 Å². The van der Waals surface area contributed by atoms with Gasteiger partial charge in [-0.05, 0) is 22.8 Å². The van der Waals surface area contributed by atoms with Gasteiger partial charge in [0.1, 0.15) is 5.75 Å². The number of amides is 1. The summed E-state index contributed by atoms with van der Waals surface area (Å²) in [5, 5.41) is 2.97. The molecular weight excluding hydrogens is 318 g/mol. The third kappa shape index (κ3) is 3.83. The van der Waals surface area contributed by atoms with Crippen LogP contribution in [-0.4, -0.2) is 25.7 Å². The van der Waals surface area contributed by atoms with Crippen molar-refractivity contribution in [1.82, 2.24) is 5.32 Å². The van der Waals surface area contributed by atoms with Crippen LogP contribution in [0.15, 0.2) is 42.5 Å². The number of fused-ring (bicyclic) bond motifs is 1. The molecule has 1 saturated heterocycles. The number of ether oxygens (including phenoxy) is 3. The lowest BCUT2D eigenvalue weighted by Gasteiger charge is -2.10. The van der Waals surface area contributed by atoms with Crippen LogP contribution in [0.3, 0.4) is 0 Å². The minimum atomic E-state index is -0.257. The monoisotopic (exact) mass is 339 g/mol. The Hall–Kier alpha value is -2.37. The Morgan fingerprint density at radius 1 is 1.00 bits per heavy atom. The molecule has 0 saturated carbocycles. The van der Waals surface area contributed by atoms with Crippen molar-refractivity contribution in [3.05, 3.63) is 64.7 Å².